The van der Waals surface area contributed by atoms with Gasteiger partial charge in [-0.2, -0.15) is 5.10 Å². The summed E-state index contributed by atoms with van der Waals surface area (Å²) in [6.45, 7) is 6.16. The molecule has 0 aliphatic rings. The van der Waals surface area contributed by atoms with Crippen LogP contribution in [0.1, 0.15) is 16.7 Å². The molecule has 0 bridgehead atoms. The van der Waals surface area contributed by atoms with Crippen LogP contribution in [-0.4, -0.2) is 14.9 Å². The first kappa shape index (κ1) is 17.1. The molecule has 4 aromatic rings. The van der Waals surface area contributed by atoms with Crippen molar-refractivity contribution in [3.63, 3.8) is 0 Å². The third-order valence-corrected chi connectivity index (χ3v) is 4.83. The van der Waals surface area contributed by atoms with Gasteiger partial charge in [0.1, 0.15) is 11.4 Å². The summed E-state index contributed by atoms with van der Waals surface area (Å²) in [7, 11) is 0. The van der Waals surface area contributed by atoms with Crippen LogP contribution in [-0.2, 0) is 0 Å². The highest BCUT2D eigenvalue weighted by Crippen LogP contribution is 2.40. The maximum atomic E-state index is 11.2. The second kappa shape index (κ2) is 6.76. The van der Waals surface area contributed by atoms with Crippen LogP contribution in [0.2, 0.25) is 0 Å². The molecular formula is C24H22N2O. The Morgan fingerprint density at radius 1 is 0.778 bits per heavy atom. The van der Waals surface area contributed by atoms with Crippen LogP contribution in [0.25, 0.3) is 28.2 Å². The van der Waals surface area contributed by atoms with Gasteiger partial charge < -0.3 is 5.11 Å². The van der Waals surface area contributed by atoms with E-state index >= 15 is 0 Å². The number of aromatic hydroxyl groups is 1. The first-order valence-electron chi connectivity index (χ1n) is 9.06. The third-order valence-electron chi connectivity index (χ3n) is 4.83. The highest BCUT2D eigenvalue weighted by Gasteiger charge is 2.22. The molecule has 3 nitrogen and oxygen atoms in total. The number of hydrogen-bond donors (Lipinski definition) is 1. The van der Waals surface area contributed by atoms with Gasteiger partial charge in [0, 0.05) is 11.1 Å². The summed E-state index contributed by atoms with van der Waals surface area (Å²) < 4.78 is 1.85. The maximum Gasteiger partial charge on any atom is 0.170 e. The summed E-state index contributed by atoms with van der Waals surface area (Å²) >= 11 is 0. The minimum Gasteiger partial charge on any atom is -0.504 e. The second-order valence-corrected chi connectivity index (χ2v) is 6.98. The fraction of sp³-hybridized carbons (Fsp3) is 0.125. The lowest BCUT2D eigenvalue weighted by Gasteiger charge is -2.10. The van der Waals surface area contributed by atoms with Crippen molar-refractivity contribution in [2.75, 3.05) is 0 Å². The molecule has 3 heteroatoms. The normalized spacial score (nSPS) is 10.9. The summed E-state index contributed by atoms with van der Waals surface area (Å²) in [5, 5.41) is 16.0. The van der Waals surface area contributed by atoms with Gasteiger partial charge in [0.25, 0.3) is 0 Å². The molecule has 0 radical (unpaired) electrons. The number of nitrogens with zero attached hydrogens (tertiary/aromatic N) is 2. The van der Waals surface area contributed by atoms with Gasteiger partial charge in [0.05, 0.1) is 5.69 Å². The summed E-state index contributed by atoms with van der Waals surface area (Å²) in [5.74, 6) is 0.203. The molecule has 0 saturated carbocycles. The van der Waals surface area contributed by atoms with Crippen molar-refractivity contribution in [2.45, 2.75) is 20.8 Å². The van der Waals surface area contributed by atoms with E-state index < -0.39 is 0 Å². The summed E-state index contributed by atoms with van der Waals surface area (Å²) in [6, 6.07) is 24.3. The zero-order valence-electron chi connectivity index (χ0n) is 15.8. The van der Waals surface area contributed by atoms with Gasteiger partial charge in [-0.25, -0.2) is 4.68 Å². The van der Waals surface area contributed by atoms with Gasteiger partial charge in [-0.3, -0.25) is 0 Å². The molecule has 1 N–H and O–H groups in total. The molecular weight excluding hydrogens is 332 g/mol. The van der Waals surface area contributed by atoms with Crippen molar-refractivity contribution >= 4 is 0 Å². The molecule has 0 aliphatic heterocycles. The van der Waals surface area contributed by atoms with Crippen LogP contribution in [0.3, 0.4) is 0 Å². The molecule has 0 atom stereocenters. The minimum absolute atomic E-state index is 0.203. The van der Waals surface area contributed by atoms with E-state index in [0.717, 1.165) is 27.9 Å². The number of aromatic nitrogens is 2. The summed E-state index contributed by atoms with van der Waals surface area (Å²) in [6.07, 6.45) is 0. The van der Waals surface area contributed by atoms with Gasteiger partial charge in [-0.05, 0) is 44.0 Å². The molecule has 4 rings (SSSR count). The third kappa shape index (κ3) is 3.13. The van der Waals surface area contributed by atoms with Crippen LogP contribution >= 0.6 is 0 Å². The van der Waals surface area contributed by atoms with Gasteiger partial charge in [-0.1, -0.05) is 66.2 Å². The van der Waals surface area contributed by atoms with E-state index in [1.165, 1.54) is 5.56 Å². The van der Waals surface area contributed by atoms with Crippen LogP contribution in [0.15, 0.2) is 72.8 Å². The Balaban J connectivity index is 2.01. The molecule has 134 valence electrons. The number of benzene rings is 3. The molecule has 0 unspecified atom stereocenters. The lowest BCUT2D eigenvalue weighted by Crippen LogP contribution is -2.00. The van der Waals surface area contributed by atoms with Crippen molar-refractivity contribution in [3.8, 4) is 34.0 Å². The molecule has 0 spiro atoms. The van der Waals surface area contributed by atoms with Crippen molar-refractivity contribution in [3.05, 3.63) is 89.5 Å². The quantitative estimate of drug-likeness (QED) is 0.502. The van der Waals surface area contributed by atoms with Crippen molar-refractivity contribution < 1.29 is 5.11 Å². The Morgan fingerprint density at radius 3 is 2.22 bits per heavy atom. The fourth-order valence-corrected chi connectivity index (χ4v) is 3.34. The smallest absolute Gasteiger partial charge is 0.170 e. The summed E-state index contributed by atoms with van der Waals surface area (Å²) in [4.78, 5) is 0. The highest BCUT2D eigenvalue weighted by molar-refractivity contribution is 5.80. The molecule has 0 amide bonds. The molecule has 0 fully saturated rings. The average Bonchev–Trinajstić information content (AvgIpc) is 3.00. The Labute approximate surface area is 159 Å². The van der Waals surface area contributed by atoms with Crippen molar-refractivity contribution in [1.82, 2.24) is 9.78 Å². The van der Waals surface area contributed by atoms with Gasteiger partial charge in [0.15, 0.2) is 5.75 Å². The Hall–Kier alpha value is -3.33. The first-order chi connectivity index (χ1) is 13.0. The lowest BCUT2D eigenvalue weighted by atomic mass is 10.0. The van der Waals surface area contributed by atoms with E-state index in [1.807, 2.05) is 79.2 Å². The number of rotatable bonds is 3. The van der Waals surface area contributed by atoms with Crippen molar-refractivity contribution in [2.24, 2.45) is 0 Å². The van der Waals surface area contributed by atoms with E-state index in [4.69, 9.17) is 5.10 Å². The largest absolute Gasteiger partial charge is 0.504 e. The van der Waals surface area contributed by atoms with Crippen LogP contribution in [0.4, 0.5) is 0 Å². The number of aryl methyl sites for hydroxylation is 3. The predicted octanol–water partition coefficient (Wildman–Crippen LogP) is 5.84. The monoisotopic (exact) mass is 354 g/mol. The van der Waals surface area contributed by atoms with E-state index in [-0.39, 0.29) is 5.75 Å². The van der Waals surface area contributed by atoms with E-state index in [1.54, 1.807) is 0 Å². The average molecular weight is 354 g/mol. The van der Waals surface area contributed by atoms with Gasteiger partial charge in [0.2, 0.25) is 0 Å². The second-order valence-electron chi connectivity index (χ2n) is 6.98. The van der Waals surface area contributed by atoms with Gasteiger partial charge in [-0.15, -0.1) is 0 Å². The minimum atomic E-state index is 0.203. The van der Waals surface area contributed by atoms with E-state index in [2.05, 4.69) is 19.1 Å². The predicted molar refractivity (Wildman–Crippen MR) is 110 cm³/mol. The Morgan fingerprint density at radius 2 is 1.52 bits per heavy atom. The van der Waals surface area contributed by atoms with Crippen LogP contribution in [0, 0.1) is 20.8 Å². The SMILES string of the molecule is Cc1ccc(-c2nn(-c3cccc(C)c3)c(-c3ccccc3C)c2O)cc1. The van der Waals surface area contributed by atoms with E-state index in [9.17, 15) is 5.11 Å². The standard InChI is InChI=1S/C24H22N2O/c1-16-11-13-19(14-12-16)22-24(27)23(21-10-5-4-8-18(21)3)26(25-22)20-9-6-7-17(2)15-20/h4-15,27H,1-3H3. The summed E-state index contributed by atoms with van der Waals surface area (Å²) in [5.41, 5.74) is 7.54. The zero-order valence-corrected chi connectivity index (χ0v) is 15.8. The Kier molecular flexibility index (Phi) is 4.28. The Bertz CT molecular complexity index is 1110. The molecule has 0 aliphatic carbocycles. The lowest BCUT2D eigenvalue weighted by molar-refractivity contribution is 0.479. The van der Waals surface area contributed by atoms with E-state index in [0.29, 0.717) is 11.4 Å². The molecule has 27 heavy (non-hydrogen) atoms. The topological polar surface area (TPSA) is 38.0 Å². The maximum absolute atomic E-state index is 11.2. The van der Waals surface area contributed by atoms with Crippen LogP contribution < -0.4 is 0 Å². The molecule has 1 aromatic heterocycles. The molecule has 1 heterocycles. The zero-order chi connectivity index (χ0) is 19.0. The van der Waals surface area contributed by atoms with Gasteiger partial charge >= 0.3 is 0 Å². The highest BCUT2D eigenvalue weighted by atomic mass is 16.3. The fourth-order valence-electron chi connectivity index (χ4n) is 3.34. The van der Waals surface area contributed by atoms with Crippen LogP contribution in [0.5, 0.6) is 5.75 Å². The molecule has 3 aromatic carbocycles. The van der Waals surface area contributed by atoms with Crippen molar-refractivity contribution in [1.29, 1.82) is 0 Å². The number of hydrogen-bond acceptors (Lipinski definition) is 2. The first-order valence-corrected chi connectivity index (χ1v) is 9.06. The molecule has 0 saturated heterocycles.